The minimum absolute atomic E-state index is 0.262. The van der Waals surface area contributed by atoms with Crippen molar-refractivity contribution in [3.05, 3.63) is 46.0 Å². The van der Waals surface area contributed by atoms with Crippen LogP contribution in [-0.4, -0.2) is 22.7 Å². The summed E-state index contributed by atoms with van der Waals surface area (Å²) in [6.07, 6.45) is 0.650. The van der Waals surface area contributed by atoms with Gasteiger partial charge in [-0.1, -0.05) is 40.1 Å². The highest BCUT2D eigenvalue weighted by Crippen LogP contribution is 2.27. The van der Waals surface area contributed by atoms with Crippen LogP contribution in [0.5, 0.6) is 0 Å². The summed E-state index contributed by atoms with van der Waals surface area (Å²) in [7, 11) is 0. The normalized spacial score (nSPS) is 12.2. The molecule has 0 radical (unpaired) electrons. The predicted molar refractivity (Wildman–Crippen MR) is 76.3 cm³/mol. The third kappa shape index (κ3) is 3.25. The fraction of sp³-hybridized carbons (Fsp3) is 0.357. The minimum Gasteiger partial charge on any atom is -0.465 e. The first kappa shape index (κ1) is 14.7. The van der Waals surface area contributed by atoms with Crippen molar-refractivity contribution in [2.24, 2.45) is 0 Å². The van der Waals surface area contributed by atoms with Crippen molar-refractivity contribution in [2.45, 2.75) is 26.2 Å². The molecule has 0 amide bonds. The summed E-state index contributed by atoms with van der Waals surface area (Å²) in [4.78, 5) is 16.4. The van der Waals surface area contributed by atoms with Crippen molar-refractivity contribution in [3.8, 4) is 0 Å². The second-order valence-corrected chi connectivity index (χ2v) is 5.06. The average Bonchev–Trinajstić information content (AvgIpc) is 2.88. The molecule has 1 heterocycles. The van der Waals surface area contributed by atoms with E-state index in [-0.39, 0.29) is 5.89 Å². The Balaban J connectivity index is 2.41. The van der Waals surface area contributed by atoms with Gasteiger partial charge in [-0.2, -0.15) is 4.98 Å². The van der Waals surface area contributed by atoms with E-state index in [1.54, 1.807) is 6.92 Å². The second kappa shape index (κ2) is 6.65. The molecule has 6 heteroatoms. The Labute approximate surface area is 125 Å². The molecule has 2 aromatic rings. The summed E-state index contributed by atoms with van der Waals surface area (Å²) in [5.74, 6) is -0.250. The van der Waals surface area contributed by atoms with Crippen molar-refractivity contribution in [3.63, 3.8) is 0 Å². The van der Waals surface area contributed by atoms with Crippen LogP contribution in [0.25, 0.3) is 0 Å². The number of nitrogens with zero attached hydrogens (tertiary/aromatic N) is 2. The zero-order valence-corrected chi connectivity index (χ0v) is 12.9. The number of esters is 1. The molecule has 0 fully saturated rings. The van der Waals surface area contributed by atoms with Crippen LogP contribution in [0.15, 0.2) is 33.3 Å². The quantitative estimate of drug-likeness (QED) is 0.783. The van der Waals surface area contributed by atoms with E-state index in [1.807, 2.05) is 31.2 Å². The maximum atomic E-state index is 12.2. The molecule has 1 atom stereocenters. The molecule has 0 aliphatic carbocycles. The highest BCUT2D eigenvalue weighted by molar-refractivity contribution is 9.10. The van der Waals surface area contributed by atoms with Gasteiger partial charge in [0.15, 0.2) is 11.7 Å². The smallest absolute Gasteiger partial charge is 0.323 e. The molecule has 0 aliphatic heterocycles. The summed E-state index contributed by atoms with van der Waals surface area (Å²) in [5, 5.41) is 3.84. The van der Waals surface area contributed by atoms with E-state index < -0.39 is 11.9 Å². The van der Waals surface area contributed by atoms with Gasteiger partial charge in [-0.05, 0) is 24.6 Å². The molecule has 1 aromatic carbocycles. The Kier molecular flexibility index (Phi) is 4.89. The molecule has 0 saturated heterocycles. The van der Waals surface area contributed by atoms with Gasteiger partial charge in [0.05, 0.1) is 6.61 Å². The third-order valence-corrected chi connectivity index (χ3v) is 3.24. The van der Waals surface area contributed by atoms with Crippen molar-refractivity contribution in [1.82, 2.24) is 10.1 Å². The van der Waals surface area contributed by atoms with Gasteiger partial charge in [-0.25, -0.2) is 0 Å². The van der Waals surface area contributed by atoms with Crippen LogP contribution in [0.2, 0.25) is 0 Å². The maximum absolute atomic E-state index is 12.2. The lowest BCUT2D eigenvalue weighted by atomic mass is 9.99. The molecular formula is C14H15BrN2O3. The summed E-state index contributed by atoms with van der Waals surface area (Å²) in [6.45, 7) is 3.99. The van der Waals surface area contributed by atoms with Gasteiger partial charge in [0, 0.05) is 10.9 Å². The first-order valence-corrected chi connectivity index (χ1v) is 7.19. The molecule has 1 aromatic heterocycles. The molecule has 106 valence electrons. The number of aromatic nitrogens is 2. The van der Waals surface area contributed by atoms with E-state index in [9.17, 15) is 4.79 Å². The van der Waals surface area contributed by atoms with Gasteiger partial charge in [0.2, 0.25) is 5.89 Å². The maximum Gasteiger partial charge on any atom is 0.323 e. The summed E-state index contributed by atoms with van der Waals surface area (Å²) >= 11 is 3.39. The topological polar surface area (TPSA) is 65.2 Å². The molecule has 0 spiro atoms. The standard InChI is InChI=1S/C14H15BrN2O3/c1-3-11-16-13(20-17-11)12(14(18)19-4-2)9-6-5-7-10(15)8-9/h5-8,12H,3-4H2,1-2H3. The molecule has 0 aliphatic rings. The van der Waals surface area contributed by atoms with E-state index in [2.05, 4.69) is 26.1 Å². The minimum atomic E-state index is -0.694. The molecule has 5 nitrogen and oxygen atoms in total. The van der Waals surface area contributed by atoms with Crippen LogP contribution in [0, 0.1) is 0 Å². The molecule has 1 unspecified atom stereocenters. The second-order valence-electron chi connectivity index (χ2n) is 4.14. The van der Waals surface area contributed by atoms with Gasteiger partial charge < -0.3 is 9.26 Å². The number of hydrogen-bond acceptors (Lipinski definition) is 5. The Hall–Kier alpha value is -1.69. The van der Waals surface area contributed by atoms with Crippen LogP contribution in [-0.2, 0) is 16.0 Å². The molecule has 0 N–H and O–H groups in total. The van der Waals surface area contributed by atoms with Gasteiger partial charge >= 0.3 is 5.97 Å². The Morgan fingerprint density at radius 3 is 2.85 bits per heavy atom. The SMILES string of the molecule is CCOC(=O)C(c1cccc(Br)c1)c1nc(CC)no1. The molecule has 0 saturated carbocycles. The lowest BCUT2D eigenvalue weighted by Crippen LogP contribution is -2.17. The van der Waals surface area contributed by atoms with E-state index in [1.165, 1.54) is 0 Å². The Morgan fingerprint density at radius 1 is 1.45 bits per heavy atom. The first-order chi connectivity index (χ1) is 9.65. The number of rotatable bonds is 5. The third-order valence-electron chi connectivity index (χ3n) is 2.75. The lowest BCUT2D eigenvalue weighted by Gasteiger charge is -2.12. The number of benzene rings is 1. The van der Waals surface area contributed by atoms with Crippen LogP contribution < -0.4 is 0 Å². The number of carbonyl (C=O) groups excluding carboxylic acids is 1. The van der Waals surface area contributed by atoms with Crippen molar-refractivity contribution in [2.75, 3.05) is 6.61 Å². The molecule has 0 bridgehead atoms. The monoisotopic (exact) mass is 338 g/mol. The molecule has 2 rings (SSSR count). The van der Waals surface area contributed by atoms with E-state index in [0.29, 0.717) is 18.9 Å². The van der Waals surface area contributed by atoms with Crippen molar-refractivity contribution < 1.29 is 14.1 Å². The van der Waals surface area contributed by atoms with Crippen LogP contribution in [0.3, 0.4) is 0 Å². The highest BCUT2D eigenvalue weighted by Gasteiger charge is 2.30. The summed E-state index contributed by atoms with van der Waals surface area (Å²) in [5.41, 5.74) is 0.754. The van der Waals surface area contributed by atoms with E-state index in [4.69, 9.17) is 9.26 Å². The number of halogens is 1. The fourth-order valence-electron chi connectivity index (χ4n) is 1.82. The van der Waals surface area contributed by atoms with E-state index in [0.717, 1.165) is 10.0 Å². The van der Waals surface area contributed by atoms with E-state index >= 15 is 0 Å². The number of aryl methyl sites for hydroxylation is 1. The van der Waals surface area contributed by atoms with Gasteiger partial charge in [-0.15, -0.1) is 0 Å². The van der Waals surface area contributed by atoms with Crippen LogP contribution in [0.1, 0.15) is 37.0 Å². The predicted octanol–water partition coefficient (Wildman–Crippen LogP) is 3.09. The lowest BCUT2D eigenvalue weighted by molar-refractivity contribution is -0.144. The van der Waals surface area contributed by atoms with Gasteiger partial charge in [0.1, 0.15) is 0 Å². The first-order valence-electron chi connectivity index (χ1n) is 6.40. The molecule has 20 heavy (non-hydrogen) atoms. The van der Waals surface area contributed by atoms with Crippen molar-refractivity contribution in [1.29, 1.82) is 0 Å². The summed E-state index contributed by atoms with van der Waals surface area (Å²) < 4.78 is 11.2. The number of hydrogen-bond donors (Lipinski definition) is 0. The van der Waals surface area contributed by atoms with Crippen molar-refractivity contribution >= 4 is 21.9 Å². The Bertz CT molecular complexity index is 598. The van der Waals surface area contributed by atoms with Crippen LogP contribution >= 0.6 is 15.9 Å². The Morgan fingerprint density at radius 2 is 2.25 bits per heavy atom. The average molecular weight is 339 g/mol. The number of ether oxygens (including phenoxy) is 1. The summed E-state index contributed by atoms with van der Waals surface area (Å²) in [6, 6.07) is 7.42. The van der Waals surface area contributed by atoms with Crippen LogP contribution in [0.4, 0.5) is 0 Å². The largest absolute Gasteiger partial charge is 0.465 e. The molecular weight excluding hydrogens is 324 g/mol. The fourth-order valence-corrected chi connectivity index (χ4v) is 2.24. The zero-order valence-electron chi connectivity index (χ0n) is 11.3. The zero-order chi connectivity index (χ0) is 14.5. The number of carbonyl (C=O) groups is 1. The highest BCUT2D eigenvalue weighted by atomic mass is 79.9. The van der Waals surface area contributed by atoms with Gasteiger partial charge in [0.25, 0.3) is 0 Å². The van der Waals surface area contributed by atoms with Gasteiger partial charge in [-0.3, -0.25) is 4.79 Å².